The van der Waals surface area contributed by atoms with Gasteiger partial charge in [-0.1, -0.05) is 13.3 Å². The molecule has 0 aliphatic rings. The van der Waals surface area contributed by atoms with Gasteiger partial charge in [0.1, 0.15) is 17.4 Å². The SMILES string of the molecule is CCCCOc1ccc(NC(=O)C(C)(C)OCC)cc1C#N. The molecule has 22 heavy (non-hydrogen) atoms. The summed E-state index contributed by atoms with van der Waals surface area (Å²) in [5.41, 5.74) is 0.0398. The molecule has 5 nitrogen and oxygen atoms in total. The fraction of sp³-hybridized carbons (Fsp3) is 0.529. The molecule has 0 atom stereocenters. The van der Waals surface area contributed by atoms with Crippen molar-refractivity contribution in [3.63, 3.8) is 0 Å². The Morgan fingerprint density at radius 1 is 1.36 bits per heavy atom. The van der Waals surface area contributed by atoms with E-state index in [2.05, 4.69) is 18.3 Å². The van der Waals surface area contributed by atoms with E-state index in [-0.39, 0.29) is 5.91 Å². The highest BCUT2D eigenvalue weighted by molar-refractivity contribution is 5.96. The lowest BCUT2D eigenvalue weighted by Crippen LogP contribution is -2.39. The van der Waals surface area contributed by atoms with Gasteiger partial charge in [0.2, 0.25) is 0 Å². The average molecular weight is 304 g/mol. The number of hydrogen-bond donors (Lipinski definition) is 1. The van der Waals surface area contributed by atoms with Crippen LogP contribution in [-0.2, 0) is 9.53 Å². The number of rotatable bonds is 8. The number of anilines is 1. The van der Waals surface area contributed by atoms with Crippen LogP contribution in [0.15, 0.2) is 18.2 Å². The molecule has 0 saturated heterocycles. The number of ether oxygens (including phenoxy) is 2. The van der Waals surface area contributed by atoms with Crippen molar-refractivity contribution in [2.24, 2.45) is 0 Å². The average Bonchev–Trinajstić information content (AvgIpc) is 2.48. The second-order valence-corrected chi connectivity index (χ2v) is 5.42. The van der Waals surface area contributed by atoms with Gasteiger partial charge in [-0.05, 0) is 45.4 Å². The van der Waals surface area contributed by atoms with E-state index in [9.17, 15) is 10.1 Å². The van der Waals surface area contributed by atoms with E-state index in [1.165, 1.54) is 0 Å². The molecule has 1 amide bonds. The second kappa shape index (κ2) is 8.40. The first-order chi connectivity index (χ1) is 10.4. The van der Waals surface area contributed by atoms with Gasteiger partial charge in [0, 0.05) is 12.3 Å². The topological polar surface area (TPSA) is 71.3 Å². The number of carbonyl (C=O) groups excluding carboxylic acids is 1. The standard InChI is InChI=1S/C17H24N2O3/c1-5-7-10-21-15-9-8-14(11-13(15)12-18)19-16(20)17(3,4)22-6-2/h8-9,11H,5-7,10H2,1-4H3,(H,19,20). The molecule has 1 N–H and O–H groups in total. The van der Waals surface area contributed by atoms with Crippen molar-refractivity contribution in [1.82, 2.24) is 0 Å². The zero-order valence-electron chi connectivity index (χ0n) is 13.7. The van der Waals surface area contributed by atoms with Crippen LogP contribution in [0.25, 0.3) is 0 Å². The summed E-state index contributed by atoms with van der Waals surface area (Å²) < 4.78 is 11.0. The van der Waals surface area contributed by atoms with Crippen LogP contribution >= 0.6 is 0 Å². The van der Waals surface area contributed by atoms with Crippen molar-refractivity contribution >= 4 is 11.6 Å². The number of hydrogen-bond acceptors (Lipinski definition) is 4. The largest absolute Gasteiger partial charge is 0.492 e. The van der Waals surface area contributed by atoms with Crippen LogP contribution in [0.2, 0.25) is 0 Å². The summed E-state index contributed by atoms with van der Waals surface area (Å²) >= 11 is 0. The van der Waals surface area contributed by atoms with Gasteiger partial charge < -0.3 is 14.8 Å². The van der Waals surface area contributed by atoms with E-state index in [0.29, 0.717) is 30.2 Å². The molecule has 1 rings (SSSR count). The molecule has 0 bridgehead atoms. The Kier molecular flexibility index (Phi) is 6.87. The number of amides is 1. The Hall–Kier alpha value is -2.06. The minimum absolute atomic E-state index is 0.252. The lowest BCUT2D eigenvalue weighted by Gasteiger charge is -2.23. The summed E-state index contributed by atoms with van der Waals surface area (Å²) in [5, 5.41) is 12.0. The summed E-state index contributed by atoms with van der Waals surface area (Å²) in [6.45, 7) is 8.36. The quantitative estimate of drug-likeness (QED) is 0.746. The monoisotopic (exact) mass is 304 g/mol. The minimum atomic E-state index is -0.919. The summed E-state index contributed by atoms with van der Waals surface area (Å²) in [6.07, 6.45) is 1.97. The summed E-state index contributed by atoms with van der Waals surface area (Å²) in [7, 11) is 0. The number of benzene rings is 1. The predicted molar refractivity (Wildman–Crippen MR) is 85.9 cm³/mol. The first-order valence-corrected chi connectivity index (χ1v) is 7.57. The van der Waals surface area contributed by atoms with Crippen molar-refractivity contribution in [2.45, 2.75) is 46.1 Å². The van der Waals surface area contributed by atoms with Gasteiger partial charge in [-0.2, -0.15) is 5.26 Å². The molecule has 0 spiro atoms. The molecule has 0 fully saturated rings. The molecule has 0 aromatic heterocycles. The highest BCUT2D eigenvalue weighted by Gasteiger charge is 2.28. The Morgan fingerprint density at radius 2 is 2.09 bits per heavy atom. The van der Waals surface area contributed by atoms with Gasteiger partial charge in [0.25, 0.3) is 5.91 Å². The molecule has 1 aromatic rings. The van der Waals surface area contributed by atoms with Crippen LogP contribution in [0, 0.1) is 11.3 Å². The van der Waals surface area contributed by atoms with Crippen LogP contribution in [0.5, 0.6) is 5.75 Å². The molecular weight excluding hydrogens is 280 g/mol. The maximum absolute atomic E-state index is 12.2. The maximum Gasteiger partial charge on any atom is 0.256 e. The molecule has 0 unspecified atom stereocenters. The number of unbranched alkanes of at least 4 members (excludes halogenated alkanes) is 1. The van der Waals surface area contributed by atoms with E-state index in [1.807, 2.05) is 6.92 Å². The van der Waals surface area contributed by atoms with Crippen LogP contribution in [0.4, 0.5) is 5.69 Å². The van der Waals surface area contributed by atoms with Crippen molar-refractivity contribution in [3.8, 4) is 11.8 Å². The molecule has 0 saturated carbocycles. The molecular formula is C17H24N2O3. The summed E-state index contributed by atoms with van der Waals surface area (Å²) in [4.78, 5) is 12.2. The van der Waals surface area contributed by atoms with E-state index in [4.69, 9.17) is 9.47 Å². The smallest absolute Gasteiger partial charge is 0.256 e. The molecule has 1 aromatic carbocycles. The number of nitrogens with zero attached hydrogens (tertiary/aromatic N) is 1. The zero-order valence-corrected chi connectivity index (χ0v) is 13.7. The summed E-state index contributed by atoms with van der Waals surface area (Å²) in [5.74, 6) is 0.288. The van der Waals surface area contributed by atoms with Crippen molar-refractivity contribution in [2.75, 3.05) is 18.5 Å². The lowest BCUT2D eigenvalue weighted by molar-refractivity contribution is -0.136. The van der Waals surface area contributed by atoms with Crippen LogP contribution in [0.3, 0.4) is 0 Å². The molecule has 0 radical (unpaired) electrons. The Bertz CT molecular complexity index is 547. The third-order valence-electron chi connectivity index (χ3n) is 3.17. The van der Waals surface area contributed by atoms with E-state index in [1.54, 1.807) is 32.0 Å². The molecule has 0 aliphatic heterocycles. The van der Waals surface area contributed by atoms with Crippen molar-refractivity contribution in [3.05, 3.63) is 23.8 Å². The van der Waals surface area contributed by atoms with Crippen LogP contribution in [0.1, 0.15) is 46.1 Å². The first kappa shape index (κ1) is 18.0. The Labute approximate surface area is 132 Å². The normalized spacial score (nSPS) is 10.9. The number of nitriles is 1. The highest BCUT2D eigenvalue weighted by Crippen LogP contribution is 2.23. The first-order valence-electron chi connectivity index (χ1n) is 7.57. The minimum Gasteiger partial charge on any atom is -0.492 e. The second-order valence-electron chi connectivity index (χ2n) is 5.42. The third-order valence-corrected chi connectivity index (χ3v) is 3.17. The third kappa shape index (κ3) is 5.05. The molecule has 120 valence electrons. The van der Waals surface area contributed by atoms with E-state index in [0.717, 1.165) is 12.8 Å². The lowest BCUT2D eigenvalue weighted by atomic mass is 10.1. The van der Waals surface area contributed by atoms with Crippen LogP contribution in [-0.4, -0.2) is 24.7 Å². The molecule has 0 aliphatic carbocycles. The van der Waals surface area contributed by atoms with Gasteiger partial charge in [0.15, 0.2) is 0 Å². The van der Waals surface area contributed by atoms with Gasteiger partial charge >= 0.3 is 0 Å². The zero-order chi connectivity index (χ0) is 16.6. The fourth-order valence-electron chi connectivity index (χ4n) is 1.86. The van der Waals surface area contributed by atoms with Crippen LogP contribution < -0.4 is 10.1 Å². The van der Waals surface area contributed by atoms with Gasteiger partial charge in [-0.25, -0.2) is 0 Å². The van der Waals surface area contributed by atoms with E-state index < -0.39 is 5.60 Å². The maximum atomic E-state index is 12.2. The summed E-state index contributed by atoms with van der Waals surface area (Å²) in [6, 6.07) is 7.13. The molecule has 5 heteroatoms. The predicted octanol–water partition coefficient (Wildman–Crippen LogP) is 3.49. The van der Waals surface area contributed by atoms with Crippen molar-refractivity contribution in [1.29, 1.82) is 5.26 Å². The Balaban J connectivity index is 2.81. The number of carbonyl (C=O) groups is 1. The van der Waals surface area contributed by atoms with E-state index >= 15 is 0 Å². The Morgan fingerprint density at radius 3 is 2.68 bits per heavy atom. The van der Waals surface area contributed by atoms with Gasteiger partial charge in [-0.3, -0.25) is 4.79 Å². The molecule has 0 heterocycles. The highest BCUT2D eigenvalue weighted by atomic mass is 16.5. The van der Waals surface area contributed by atoms with Crippen molar-refractivity contribution < 1.29 is 14.3 Å². The van der Waals surface area contributed by atoms with Gasteiger partial charge in [0.05, 0.1) is 12.2 Å². The van der Waals surface area contributed by atoms with Gasteiger partial charge in [-0.15, -0.1) is 0 Å². The number of nitrogens with one attached hydrogen (secondary N) is 1. The fourth-order valence-corrected chi connectivity index (χ4v) is 1.86.